The van der Waals surface area contributed by atoms with Crippen LogP contribution in [0.25, 0.3) is 0 Å². The molecule has 3 rings (SSSR count). The van der Waals surface area contributed by atoms with Gasteiger partial charge in [0.1, 0.15) is 18.3 Å². The first-order valence-electron chi connectivity index (χ1n) is 12.9. The zero-order valence-electron chi connectivity index (χ0n) is 23.4. The number of sulfonamides is 1. The van der Waals surface area contributed by atoms with E-state index in [4.69, 9.17) is 16.3 Å². The maximum atomic E-state index is 14.0. The molecule has 3 aromatic rings. The summed E-state index contributed by atoms with van der Waals surface area (Å²) in [5.41, 5.74) is 0.558. The third kappa shape index (κ3) is 7.99. The second kappa shape index (κ2) is 13.2. The van der Waals surface area contributed by atoms with E-state index in [-0.39, 0.29) is 17.3 Å². The summed E-state index contributed by atoms with van der Waals surface area (Å²) in [5.74, 6) is -0.334. The molecule has 10 heteroatoms. The van der Waals surface area contributed by atoms with E-state index in [1.807, 2.05) is 27.7 Å². The highest BCUT2D eigenvalue weighted by atomic mass is 35.5. The zero-order chi connectivity index (χ0) is 29.5. The molecular weight excluding hydrogens is 550 g/mol. The standard InChI is InChI=1S/C30H36ClN3O5S/c1-6-27(29(36)32-30(2,3)4)33(20-22-12-14-23(31)15-13-22)28(35)21-34(24-10-8-7-9-11-24)40(37,38)26-18-16-25(39-5)17-19-26/h7-19,27H,6,20-21H2,1-5H3,(H,32,36)/t27-/m1/s1. The summed E-state index contributed by atoms with van der Waals surface area (Å²) in [6.07, 6.45) is 0.331. The number of nitrogens with zero attached hydrogens (tertiary/aromatic N) is 2. The molecule has 40 heavy (non-hydrogen) atoms. The van der Waals surface area contributed by atoms with Gasteiger partial charge in [-0.05, 0) is 81.3 Å². The Morgan fingerprint density at radius 2 is 1.55 bits per heavy atom. The van der Waals surface area contributed by atoms with E-state index in [1.165, 1.54) is 24.1 Å². The Bertz CT molecular complexity index is 1390. The first kappa shape index (κ1) is 31.0. The number of carbonyl (C=O) groups is 2. The lowest BCUT2D eigenvalue weighted by Gasteiger charge is -2.34. The van der Waals surface area contributed by atoms with Crippen LogP contribution < -0.4 is 14.4 Å². The average Bonchev–Trinajstić information content (AvgIpc) is 2.92. The minimum Gasteiger partial charge on any atom is -0.497 e. The van der Waals surface area contributed by atoms with E-state index in [2.05, 4.69) is 5.32 Å². The predicted octanol–water partition coefficient (Wildman–Crippen LogP) is 5.27. The Hall–Kier alpha value is -3.56. The van der Waals surface area contributed by atoms with Gasteiger partial charge in [0.05, 0.1) is 17.7 Å². The van der Waals surface area contributed by atoms with Crippen LogP contribution in [0.5, 0.6) is 5.75 Å². The molecule has 0 bridgehead atoms. The molecule has 0 saturated carbocycles. The van der Waals surface area contributed by atoms with Crippen molar-refractivity contribution in [3.05, 3.63) is 89.4 Å². The maximum Gasteiger partial charge on any atom is 0.264 e. The predicted molar refractivity (Wildman–Crippen MR) is 158 cm³/mol. The van der Waals surface area contributed by atoms with Crippen LogP contribution in [0.2, 0.25) is 5.02 Å². The molecule has 3 aromatic carbocycles. The molecule has 0 spiro atoms. The fourth-order valence-corrected chi connectivity index (χ4v) is 5.70. The Morgan fingerprint density at radius 3 is 2.08 bits per heavy atom. The fraction of sp³-hybridized carbons (Fsp3) is 0.333. The Balaban J connectivity index is 2.04. The molecule has 0 heterocycles. The monoisotopic (exact) mass is 585 g/mol. The molecule has 0 radical (unpaired) electrons. The second-order valence-electron chi connectivity index (χ2n) is 10.3. The van der Waals surface area contributed by atoms with E-state index >= 15 is 0 Å². The Kier molecular flexibility index (Phi) is 10.2. The van der Waals surface area contributed by atoms with Crippen molar-refractivity contribution in [1.82, 2.24) is 10.2 Å². The quantitative estimate of drug-likeness (QED) is 0.331. The summed E-state index contributed by atoms with van der Waals surface area (Å²) in [6, 6.07) is 20.5. The molecule has 0 aliphatic carbocycles. The summed E-state index contributed by atoms with van der Waals surface area (Å²) in [5, 5.41) is 3.50. The highest BCUT2D eigenvalue weighted by Crippen LogP contribution is 2.26. The van der Waals surface area contributed by atoms with Crippen LogP contribution in [0.4, 0.5) is 5.69 Å². The van der Waals surface area contributed by atoms with Crippen molar-refractivity contribution in [3.8, 4) is 5.75 Å². The third-order valence-corrected chi connectivity index (χ3v) is 8.16. The normalized spacial score (nSPS) is 12.3. The third-order valence-electron chi connectivity index (χ3n) is 6.12. The minimum atomic E-state index is -4.16. The lowest BCUT2D eigenvalue weighted by Crippen LogP contribution is -2.55. The van der Waals surface area contributed by atoms with Gasteiger partial charge >= 0.3 is 0 Å². The Labute approximate surface area is 241 Å². The van der Waals surface area contributed by atoms with Gasteiger partial charge in [0.2, 0.25) is 11.8 Å². The lowest BCUT2D eigenvalue weighted by atomic mass is 10.1. The van der Waals surface area contributed by atoms with E-state index in [0.29, 0.717) is 22.9 Å². The highest BCUT2D eigenvalue weighted by molar-refractivity contribution is 7.92. The number of hydrogen-bond donors (Lipinski definition) is 1. The van der Waals surface area contributed by atoms with Crippen LogP contribution in [0.15, 0.2) is 83.8 Å². The van der Waals surface area contributed by atoms with Gasteiger partial charge in [-0.1, -0.05) is 48.9 Å². The summed E-state index contributed by atoms with van der Waals surface area (Å²) in [4.78, 5) is 28.8. The van der Waals surface area contributed by atoms with E-state index in [9.17, 15) is 18.0 Å². The van der Waals surface area contributed by atoms with E-state index < -0.39 is 34.1 Å². The number of benzene rings is 3. The number of hydrogen-bond acceptors (Lipinski definition) is 5. The van der Waals surface area contributed by atoms with Gasteiger partial charge in [-0.25, -0.2) is 8.42 Å². The van der Waals surface area contributed by atoms with Crippen molar-refractivity contribution in [3.63, 3.8) is 0 Å². The van der Waals surface area contributed by atoms with Crippen LogP contribution in [-0.4, -0.2) is 50.4 Å². The first-order valence-corrected chi connectivity index (χ1v) is 14.8. The molecule has 0 aliphatic rings. The van der Waals surface area contributed by atoms with Gasteiger partial charge in [-0.3, -0.25) is 13.9 Å². The minimum absolute atomic E-state index is 0.00622. The van der Waals surface area contributed by atoms with Crippen molar-refractivity contribution in [2.24, 2.45) is 0 Å². The zero-order valence-corrected chi connectivity index (χ0v) is 25.0. The van der Waals surface area contributed by atoms with Crippen molar-refractivity contribution in [2.75, 3.05) is 18.0 Å². The molecule has 8 nitrogen and oxygen atoms in total. The molecule has 0 saturated heterocycles. The van der Waals surface area contributed by atoms with Gasteiger partial charge < -0.3 is 15.0 Å². The SMILES string of the molecule is CC[C@H](C(=O)NC(C)(C)C)N(Cc1ccc(Cl)cc1)C(=O)CN(c1ccccc1)S(=O)(=O)c1ccc(OC)cc1. The smallest absolute Gasteiger partial charge is 0.264 e. The number of nitrogens with one attached hydrogen (secondary N) is 1. The number of ether oxygens (including phenoxy) is 1. The van der Waals surface area contributed by atoms with Crippen molar-refractivity contribution >= 4 is 39.1 Å². The molecule has 1 atom stereocenters. The van der Waals surface area contributed by atoms with Crippen molar-refractivity contribution in [1.29, 1.82) is 0 Å². The largest absolute Gasteiger partial charge is 0.497 e. The van der Waals surface area contributed by atoms with Crippen LogP contribution in [0.1, 0.15) is 39.7 Å². The molecule has 0 aromatic heterocycles. The molecular formula is C30H36ClN3O5S. The number of anilines is 1. The number of carbonyl (C=O) groups excluding carboxylic acids is 2. The number of methoxy groups -OCH3 is 1. The molecule has 2 amide bonds. The van der Waals surface area contributed by atoms with E-state index in [0.717, 1.165) is 9.87 Å². The molecule has 0 aliphatic heterocycles. The number of rotatable bonds is 11. The second-order valence-corrected chi connectivity index (χ2v) is 12.6. The molecule has 214 valence electrons. The summed E-state index contributed by atoms with van der Waals surface area (Å²) in [7, 11) is -2.66. The van der Waals surface area contributed by atoms with Gasteiger partial charge in [0.25, 0.3) is 10.0 Å². The summed E-state index contributed by atoms with van der Waals surface area (Å²) >= 11 is 6.06. The molecule has 1 N–H and O–H groups in total. The first-order chi connectivity index (χ1) is 18.9. The topological polar surface area (TPSA) is 96.0 Å². The van der Waals surface area contributed by atoms with Gasteiger partial charge in [-0.2, -0.15) is 0 Å². The number of para-hydroxylation sites is 1. The number of amides is 2. The maximum absolute atomic E-state index is 14.0. The summed E-state index contributed by atoms with van der Waals surface area (Å²) < 4.78 is 34.0. The molecule has 0 fully saturated rings. The molecule has 0 unspecified atom stereocenters. The van der Waals surface area contributed by atoms with E-state index in [1.54, 1.807) is 66.7 Å². The van der Waals surface area contributed by atoms with Gasteiger partial charge in [0, 0.05) is 17.1 Å². The van der Waals surface area contributed by atoms with Gasteiger partial charge in [0.15, 0.2) is 0 Å². The fourth-order valence-electron chi connectivity index (χ4n) is 4.16. The van der Waals surface area contributed by atoms with Crippen LogP contribution in [0.3, 0.4) is 0 Å². The lowest BCUT2D eigenvalue weighted by molar-refractivity contribution is -0.141. The highest BCUT2D eigenvalue weighted by Gasteiger charge is 2.34. The average molecular weight is 586 g/mol. The van der Waals surface area contributed by atoms with Crippen LogP contribution >= 0.6 is 11.6 Å². The van der Waals surface area contributed by atoms with Crippen LogP contribution in [0, 0.1) is 0 Å². The van der Waals surface area contributed by atoms with Gasteiger partial charge in [-0.15, -0.1) is 0 Å². The van der Waals surface area contributed by atoms with Crippen LogP contribution in [-0.2, 0) is 26.2 Å². The summed E-state index contributed by atoms with van der Waals surface area (Å²) in [6.45, 7) is 6.99. The number of halogens is 1. The van der Waals surface area contributed by atoms with Crippen molar-refractivity contribution < 1.29 is 22.7 Å². The Morgan fingerprint density at radius 1 is 0.950 bits per heavy atom. The van der Waals surface area contributed by atoms with Crippen molar-refractivity contribution in [2.45, 2.75) is 57.1 Å².